The maximum atomic E-state index is 4.21. The van der Waals surface area contributed by atoms with E-state index in [9.17, 15) is 0 Å². The summed E-state index contributed by atoms with van der Waals surface area (Å²) in [6.07, 6.45) is 2.87. The number of pyridine rings is 1. The third-order valence-corrected chi connectivity index (χ3v) is 4.53. The lowest BCUT2D eigenvalue weighted by Crippen LogP contribution is -2.17. The highest BCUT2D eigenvalue weighted by molar-refractivity contribution is 9.10. The van der Waals surface area contributed by atoms with E-state index >= 15 is 0 Å². The van der Waals surface area contributed by atoms with Gasteiger partial charge in [0.2, 0.25) is 0 Å². The van der Waals surface area contributed by atoms with E-state index in [1.165, 1.54) is 4.88 Å². The molecule has 19 heavy (non-hydrogen) atoms. The van der Waals surface area contributed by atoms with Crippen molar-refractivity contribution in [2.24, 2.45) is 0 Å². The summed E-state index contributed by atoms with van der Waals surface area (Å²) in [6, 6.07) is 8.08. The number of fused-ring (bicyclic) bond motifs is 1. The highest BCUT2D eigenvalue weighted by Gasteiger charge is 2.04. The number of thiophene rings is 1. The molecule has 3 aromatic rings. The van der Waals surface area contributed by atoms with Gasteiger partial charge in [0.05, 0.1) is 0 Å². The Morgan fingerprint density at radius 3 is 3.11 bits per heavy atom. The van der Waals surface area contributed by atoms with E-state index in [4.69, 9.17) is 0 Å². The van der Waals surface area contributed by atoms with Crippen LogP contribution in [0.5, 0.6) is 0 Å². The SMILES string of the molecule is Brc1csc(CNCCc2nnc3ccccn23)c1. The predicted molar refractivity (Wildman–Crippen MR) is 80.4 cm³/mol. The van der Waals surface area contributed by atoms with Crippen molar-refractivity contribution in [3.8, 4) is 0 Å². The minimum Gasteiger partial charge on any atom is -0.311 e. The Morgan fingerprint density at radius 2 is 2.26 bits per heavy atom. The Hall–Kier alpha value is -1.24. The van der Waals surface area contributed by atoms with Crippen LogP contribution in [0.2, 0.25) is 0 Å². The van der Waals surface area contributed by atoms with Crippen LogP contribution in [0.3, 0.4) is 0 Å². The Bertz CT molecular complexity index is 676. The fraction of sp³-hybridized carbons (Fsp3) is 0.231. The Labute approximate surface area is 123 Å². The number of halogens is 1. The quantitative estimate of drug-likeness (QED) is 0.728. The largest absolute Gasteiger partial charge is 0.311 e. The summed E-state index contributed by atoms with van der Waals surface area (Å²) in [5.41, 5.74) is 0.902. The van der Waals surface area contributed by atoms with Crippen LogP contribution in [0.25, 0.3) is 5.65 Å². The van der Waals surface area contributed by atoms with Gasteiger partial charge in [-0.25, -0.2) is 0 Å². The molecule has 0 aliphatic heterocycles. The monoisotopic (exact) mass is 336 g/mol. The molecule has 6 heteroatoms. The van der Waals surface area contributed by atoms with Crippen LogP contribution in [-0.4, -0.2) is 21.1 Å². The summed E-state index contributed by atoms with van der Waals surface area (Å²) < 4.78 is 3.18. The van der Waals surface area contributed by atoms with Gasteiger partial charge in [-0.05, 0) is 34.1 Å². The fourth-order valence-electron chi connectivity index (χ4n) is 1.92. The third-order valence-electron chi connectivity index (χ3n) is 2.83. The Balaban J connectivity index is 1.55. The second-order valence-electron chi connectivity index (χ2n) is 4.20. The molecule has 3 heterocycles. The molecule has 0 atom stereocenters. The van der Waals surface area contributed by atoms with Gasteiger partial charge in [0, 0.05) is 40.4 Å². The predicted octanol–water partition coefficient (Wildman–Crippen LogP) is 2.89. The molecule has 0 amide bonds. The molecule has 4 nitrogen and oxygen atoms in total. The van der Waals surface area contributed by atoms with Crippen LogP contribution < -0.4 is 5.32 Å². The van der Waals surface area contributed by atoms with E-state index in [0.29, 0.717) is 0 Å². The van der Waals surface area contributed by atoms with Gasteiger partial charge in [-0.3, -0.25) is 4.40 Å². The number of nitrogens with one attached hydrogen (secondary N) is 1. The minimum absolute atomic E-state index is 0.873. The van der Waals surface area contributed by atoms with Crippen LogP contribution in [0.15, 0.2) is 40.3 Å². The van der Waals surface area contributed by atoms with Gasteiger partial charge in [-0.15, -0.1) is 21.5 Å². The van der Waals surface area contributed by atoms with Crippen molar-refractivity contribution < 1.29 is 0 Å². The van der Waals surface area contributed by atoms with Crippen LogP contribution in [-0.2, 0) is 13.0 Å². The number of rotatable bonds is 5. The molecular formula is C13H13BrN4S. The standard InChI is InChI=1S/C13H13BrN4S/c14-10-7-11(19-9-10)8-15-5-4-13-17-16-12-3-1-2-6-18(12)13/h1-3,6-7,9,15H,4-5,8H2. The molecule has 0 aromatic carbocycles. The lowest BCUT2D eigenvalue weighted by atomic mass is 10.3. The highest BCUT2D eigenvalue weighted by atomic mass is 79.9. The molecule has 3 aromatic heterocycles. The number of hydrogen-bond acceptors (Lipinski definition) is 4. The molecule has 0 bridgehead atoms. The van der Waals surface area contributed by atoms with E-state index < -0.39 is 0 Å². The average molecular weight is 337 g/mol. The molecule has 0 fully saturated rings. The Kier molecular flexibility index (Phi) is 3.91. The van der Waals surface area contributed by atoms with Gasteiger partial charge in [0.25, 0.3) is 0 Å². The number of aromatic nitrogens is 3. The van der Waals surface area contributed by atoms with Crippen molar-refractivity contribution in [1.29, 1.82) is 0 Å². The van der Waals surface area contributed by atoms with Crippen molar-refractivity contribution >= 4 is 32.9 Å². The van der Waals surface area contributed by atoms with Gasteiger partial charge < -0.3 is 5.32 Å². The molecule has 98 valence electrons. The zero-order chi connectivity index (χ0) is 13.1. The lowest BCUT2D eigenvalue weighted by Gasteiger charge is -2.02. The topological polar surface area (TPSA) is 42.2 Å². The van der Waals surface area contributed by atoms with E-state index in [1.807, 2.05) is 28.8 Å². The lowest BCUT2D eigenvalue weighted by molar-refractivity contribution is 0.672. The van der Waals surface area contributed by atoms with Gasteiger partial charge in [-0.2, -0.15) is 0 Å². The second kappa shape index (κ2) is 5.81. The van der Waals surface area contributed by atoms with Crippen molar-refractivity contribution in [3.05, 3.63) is 51.0 Å². The second-order valence-corrected chi connectivity index (χ2v) is 6.11. The third kappa shape index (κ3) is 3.02. The van der Waals surface area contributed by atoms with Crippen molar-refractivity contribution in [3.63, 3.8) is 0 Å². The number of nitrogens with zero attached hydrogens (tertiary/aromatic N) is 3. The summed E-state index contributed by atoms with van der Waals surface area (Å²) in [6.45, 7) is 1.79. The van der Waals surface area contributed by atoms with Crippen LogP contribution >= 0.6 is 27.3 Å². The van der Waals surface area contributed by atoms with E-state index in [2.05, 4.69) is 42.9 Å². The molecule has 1 N–H and O–H groups in total. The van der Waals surface area contributed by atoms with Gasteiger partial charge in [-0.1, -0.05) is 6.07 Å². The normalized spacial score (nSPS) is 11.2. The molecule has 0 unspecified atom stereocenters. The first-order chi connectivity index (χ1) is 9.33. The molecular weight excluding hydrogens is 324 g/mol. The van der Waals surface area contributed by atoms with E-state index in [-0.39, 0.29) is 0 Å². The molecule has 3 rings (SSSR count). The molecule has 0 spiro atoms. The van der Waals surface area contributed by atoms with Crippen molar-refractivity contribution in [1.82, 2.24) is 19.9 Å². The fourth-order valence-corrected chi connectivity index (χ4v) is 3.34. The van der Waals surface area contributed by atoms with Gasteiger partial charge in [0.1, 0.15) is 5.82 Å². The maximum Gasteiger partial charge on any atom is 0.160 e. The summed E-state index contributed by atoms with van der Waals surface area (Å²) in [5, 5.41) is 13.9. The van der Waals surface area contributed by atoms with Crippen LogP contribution in [0.1, 0.15) is 10.7 Å². The summed E-state index contributed by atoms with van der Waals surface area (Å²) in [5.74, 6) is 0.996. The van der Waals surface area contributed by atoms with Crippen LogP contribution in [0, 0.1) is 0 Å². The molecule has 0 aliphatic carbocycles. The van der Waals surface area contributed by atoms with Gasteiger partial charge >= 0.3 is 0 Å². The summed E-state index contributed by atoms with van der Waals surface area (Å²) in [7, 11) is 0. The van der Waals surface area contributed by atoms with E-state index in [0.717, 1.165) is 35.5 Å². The first kappa shape index (κ1) is 12.8. The molecule has 0 aliphatic rings. The maximum absolute atomic E-state index is 4.21. The first-order valence-electron chi connectivity index (χ1n) is 6.05. The summed E-state index contributed by atoms with van der Waals surface area (Å²) >= 11 is 5.22. The highest BCUT2D eigenvalue weighted by Crippen LogP contribution is 2.19. The molecule has 0 saturated carbocycles. The Morgan fingerprint density at radius 1 is 1.32 bits per heavy atom. The summed E-state index contributed by atoms with van der Waals surface area (Å²) in [4.78, 5) is 1.33. The minimum atomic E-state index is 0.873. The molecule has 0 radical (unpaired) electrons. The number of hydrogen-bond donors (Lipinski definition) is 1. The van der Waals surface area contributed by atoms with Gasteiger partial charge in [0.15, 0.2) is 5.65 Å². The average Bonchev–Trinajstić information content (AvgIpc) is 3.02. The first-order valence-corrected chi connectivity index (χ1v) is 7.72. The van der Waals surface area contributed by atoms with Crippen LogP contribution in [0.4, 0.5) is 0 Å². The van der Waals surface area contributed by atoms with Crippen molar-refractivity contribution in [2.45, 2.75) is 13.0 Å². The molecule has 0 saturated heterocycles. The zero-order valence-corrected chi connectivity index (χ0v) is 12.6. The van der Waals surface area contributed by atoms with E-state index in [1.54, 1.807) is 11.3 Å². The van der Waals surface area contributed by atoms with Crippen molar-refractivity contribution in [2.75, 3.05) is 6.54 Å². The smallest absolute Gasteiger partial charge is 0.160 e. The zero-order valence-electron chi connectivity index (χ0n) is 10.2.